The number of fused-ring (bicyclic) bond motifs is 3. The van der Waals surface area contributed by atoms with Crippen LogP contribution in [0.1, 0.15) is 12.0 Å². The van der Waals surface area contributed by atoms with E-state index >= 15 is 0 Å². The van der Waals surface area contributed by atoms with Gasteiger partial charge in [0.15, 0.2) is 0 Å². The van der Waals surface area contributed by atoms with Crippen LogP contribution in [0.15, 0.2) is 24.3 Å². The fourth-order valence-electron chi connectivity index (χ4n) is 3.47. The number of likely N-dealkylation sites (N-methyl/N-ethyl adjacent to an activating group) is 2. The number of hydrogen-bond acceptors (Lipinski definition) is 3. The van der Waals surface area contributed by atoms with Crippen LogP contribution in [0.25, 0.3) is 0 Å². The smallest absolute Gasteiger partial charge is 0.357 e. The fraction of sp³-hybridized carbons (Fsp3) is 0.538. The molecule has 0 unspecified atom stereocenters. The van der Waals surface area contributed by atoms with E-state index in [2.05, 4.69) is 0 Å². The van der Waals surface area contributed by atoms with Gasteiger partial charge in [0.2, 0.25) is 0 Å². The SMILES string of the molecule is CN1CC[C@@]2(SC(F)(F)F)c3ccccc3N(C)[C@@H]12. The van der Waals surface area contributed by atoms with E-state index in [9.17, 15) is 13.2 Å². The van der Waals surface area contributed by atoms with Crippen molar-refractivity contribution in [3.05, 3.63) is 29.8 Å². The van der Waals surface area contributed by atoms with Crippen molar-refractivity contribution in [2.45, 2.75) is 22.8 Å². The van der Waals surface area contributed by atoms with Gasteiger partial charge in [-0.3, -0.25) is 4.90 Å². The molecule has 1 fully saturated rings. The maximum atomic E-state index is 13.0. The lowest BCUT2D eigenvalue weighted by molar-refractivity contribution is -0.0346. The molecule has 0 bridgehead atoms. The van der Waals surface area contributed by atoms with Crippen molar-refractivity contribution in [2.24, 2.45) is 0 Å². The number of anilines is 1. The normalized spacial score (nSPS) is 30.6. The van der Waals surface area contributed by atoms with Gasteiger partial charge in [-0.25, -0.2) is 0 Å². The average Bonchev–Trinajstić information content (AvgIpc) is 2.75. The van der Waals surface area contributed by atoms with Crippen molar-refractivity contribution in [3.8, 4) is 0 Å². The average molecular weight is 288 g/mol. The van der Waals surface area contributed by atoms with Crippen LogP contribution >= 0.6 is 11.8 Å². The first kappa shape index (κ1) is 13.1. The molecule has 0 aliphatic carbocycles. The zero-order valence-corrected chi connectivity index (χ0v) is 11.6. The Morgan fingerprint density at radius 1 is 1.26 bits per heavy atom. The zero-order chi connectivity index (χ0) is 13.8. The molecule has 2 aliphatic rings. The number of hydrogen-bond donors (Lipinski definition) is 0. The van der Waals surface area contributed by atoms with Gasteiger partial charge in [0.1, 0.15) is 6.17 Å². The highest BCUT2D eigenvalue weighted by molar-refractivity contribution is 8.01. The summed E-state index contributed by atoms with van der Waals surface area (Å²) in [6, 6.07) is 7.44. The molecule has 2 aliphatic heterocycles. The molecule has 1 aromatic rings. The minimum atomic E-state index is -4.22. The summed E-state index contributed by atoms with van der Waals surface area (Å²) in [6.07, 6.45) is 0.302. The summed E-state index contributed by atoms with van der Waals surface area (Å²) in [7, 11) is 3.77. The maximum Gasteiger partial charge on any atom is 0.442 e. The lowest BCUT2D eigenvalue weighted by Gasteiger charge is -2.34. The van der Waals surface area contributed by atoms with E-state index in [1.54, 1.807) is 0 Å². The van der Waals surface area contributed by atoms with E-state index < -0.39 is 10.3 Å². The summed E-state index contributed by atoms with van der Waals surface area (Å²) in [4.78, 5) is 3.99. The molecule has 0 amide bonds. The third-order valence-corrected chi connectivity index (χ3v) is 5.31. The summed E-state index contributed by atoms with van der Waals surface area (Å²) in [5.74, 6) is 0. The highest BCUT2D eigenvalue weighted by Gasteiger charge is 2.60. The van der Waals surface area contributed by atoms with Crippen LogP contribution in [0.2, 0.25) is 0 Å². The van der Waals surface area contributed by atoms with Gasteiger partial charge in [-0.05, 0) is 36.9 Å². The van der Waals surface area contributed by atoms with Gasteiger partial charge in [0.25, 0.3) is 0 Å². The molecule has 2 heterocycles. The molecule has 0 aromatic heterocycles. The Labute approximate surface area is 114 Å². The van der Waals surface area contributed by atoms with Crippen molar-refractivity contribution < 1.29 is 13.2 Å². The Morgan fingerprint density at radius 2 is 1.95 bits per heavy atom. The third-order valence-electron chi connectivity index (χ3n) is 4.08. The van der Waals surface area contributed by atoms with E-state index in [1.807, 2.05) is 48.2 Å². The molecule has 0 saturated carbocycles. The standard InChI is InChI=1S/C13H15F3N2S/c1-17-8-7-12(19-13(14,15)16)9-5-3-4-6-10(9)18(2)11(12)17/h3-6,11H,7-8H2,1-2H3/t11-,12-/m1/s1. The van der Waals surface area contributed by atoms with Gasteiger partial charge in [0.05, 0.1) is 4.75 Å². The molecular formula is C13H15F3N2S. The highest BCUT2D eigenvalue weighted by Crippen LogP contribution is 2.61. The van der Waals surface area contributed by atoms with E-state index in [4.69, 9.17) is 0 Å². The molecule has 6 heteroatoms. The molecule has 0 radical (unpaired) electrons. The van der Waals surface area contributed by atoms with Crippen LogP contribution < -0.4 is 4.90 Å². The number of halogens is 3. The lowest BCUT2D eigenvalue weighted by atomic mass is 9.97. The van der Waals surface area contributed by atoms with Crippen LogP contribution in [0.3, 0.4) is 0 Å². The quantitative estimate of drug-likeness (QED) is 0.783. The molecule has 19 heavy (non-hydrogen) atoms. The van der Waals surface area contributed by atoms with Crippen molar-refractivity contribution in [1.29, 1.82) is 0 Å². The van der Waals surface area contributed by atoms with Gasteiger partial charge in [-0.2, -0.15) is 13.2 Å². The number of para-hydroxylation sites is 1. The third kappa shape index (κ3) is 1.84. The minimum absolute atomic E-state index is 0.149. The molecular weight excluding hydrogens is 273 g/mol. The molecule has 0 N–H and O–H groups in total. The minimum Gasteiger partial charge on any atom is -0.357 e. The molecule has 3 rings (SSSR count). The van der Waals surface area contributed by atoms with Gasteiger partial charge in [-0.1, -0.05) is 18.2 Å². The first-order valence-electron chi connectivity index (χ1n) is 6.15. The largest absolute Gasteiger partial charge is 0.442 e. The van der Waals surface area contributed by atoms with E-state index in [-0.39, 0.29) is 17.9 Å². The van der Waals surface area contributed by atoms with Gasteiger partial charge in [0, 0.05) is 19.3 Å². The second kappa shape index (κ2) is 4.06. The lowest BCUT2D eigenvalue weighted by Crippen LogP contribution is -2.46. The monoisotopic (exact) mass is 288 g/mol. The van der Waals surface area contributed by atoms with Crippen molar-refractivity contribution >= 4 is 17.4 Å². The Balaban J connectivity index is 2.13. The topological polar surface area (TPSA) is 6.48 Å². The number of nitrogens with zero attached hydrogens (tertiary/aromatic N) is 2. The van der Waals surface area contributed by atoms with Gasteiger partial charge in [-0.15, -0.1) is 0 Å². The van der Waals surface area contributed by atoms with E-state index in [0.29, 0.717) is 13.0 Å². The predicted octanol–water partition coefficient (Wildman–Crippen LogP) is 3.25. The molecule has 104 valence electrons. The Morgan fingerprint density at radius 3 is 2.63 bits per heavy atom. The first-order valence-corrected chi connectivity index (χ1v) is 6.96. The van der Waals surface area contributed by atoms with E-state index in [0.717, 1.165) is 11.3 Å². The van der Waals surface area contributed by atoms with Crippen molar-refractivity contribution in [3.63, 3.8) is 0 Å². The summed E-state index contributed by atoms with van der Waals surface area (Å²) < 4.78 is 38.2. The molecule has 1 aromatic carbocycles. The highest BCUT2D eigenvalue weighted by atomic mass is 32.2. The number of rotatable bonds is 1. The first-order chi connectivity index (χ1) is 8.85. The summed E-state index contributed by atoms with van der Waals surface area (Å²) in [6.45, 7) is 0.687. The Hall–Kier alpha value is -0.880. The summed E-state index contributed by atoms with van der Waals surface area (Å²) in [5.41, 5.74) is -2.49. The number of likely N-dealkylation sites (tertiary alicyclic amines) is 1. The van der Waals surface area contributed by atoms with Crippen LogP contribution in [0, 0.1) is 0 Å². The number of benzene rings is 1. The van der Waals surface area contributed by atoms with Crippen LogP contribution in [0.5, 0.6) is 0 Å². The second-order valence-corrected chi connectivity index (χ2v) is 6.57. The van der Waals surface area contributed by atoms with Crippen molar-refractivity contribution in [2.75, 3.05) is 25.5 Å². The van der Waals surface area contributed by atoms with Crippen LogP contribution in [-0.4, -0.2) is 37.2 Å². The molecule has 1 saturated heterocycles. The second-order valence-electron chi connectivity index (χ2n) is 5.17. The number of thioether (sulfide) groups is 1. The Kier molecular flexibility index (Phi) is 2.80. The fourth-order valence-corrected chi connectivity index (χ4v) is 4.80. The predicted molar refractivity (Wildman–Crippen MR) is 71.2 cm³/mol. The van der Waals surface area contributed by atoms with Gasteiger partial charge < -0.3 is 4.90 Å². The zero-order valence-electron chi connectivity index (χ0n) is 10.7. The van der Waals surface area contributed by atoms with Crippen LogP contribution in [0.4, 0.5) is 18.9 Å². The molecule has 2 nitrogen and oxygen atoms in total. The summed E-state index contributed by atoms with van der Waals surface area (Å²) in [5, 5.41) is 0. The molecule has 2 atom stereocenters. The van der Waals surface area contributed by atoms with Gasteiger partial charge >= 0.3 is 5.51 Å². The van der Waals surface area contributed by atoms with E-state index in [1.165, 1.54) is 0 Å². The number of alkyl halides is 3. The van der Waals surface area contributed by atoms with Crippen molar-refractivity contribution in [1.82, 2.24) is 4.90 Å². The molecule has 0 spiro atoms. The summed E-state index contributed by atoms with van der Waals surface area (Å²) >= 11 is 0.149. The Bertz CT molecular complexity index is 505. The maximum absolute atomic E-state index is 13.0. The van der Waals surface area contributed by atoms with Crippen LogP contribution in [-0.2, 0) is 4.75 Å².